The van der Waals surface area contributed by atoms with Gasteiger partial charge in [0.15, 0.2) is 5.84 Å². The molecule has 1 saturated carbocycles. The monoisotopic (exact) mass is 284 g/mol. The minimum atomic E-state index is -0.703. The molecule has 0 heterocycles. The molecule has 1 fully saturated rings. The highest BCUT2D eigenvalue weighted by molar-refractivity contribution is 5.93. The molecule has 0 aromatic heterocycles. The molecule has 20 heavy (non-hydrogen) atoms. The van der Waals surface area contributed by atoms with Gasteiger partial charge in [0.05, 0.1) is 0 Å². The van der Waals surface area contributed by atoms with Gasteiger partial charge in [-0.25, -0.2) is 4.79 Å². The van der Waals surface area contributed by atoms with Crippen LogP contribution >= 0.6 is 0 Å². The standard InChI is InChI=1S/C14H28N4O2/c1-2-3-11-16-13(19)17-14(12(15)18-20)9-7-5-4-6-8-10-14/h20H,2-11H2,1H3,(H2,15,18)(H2,16,17,19). The third-order valence-electron chi connectivity index (χ3n) is 3.97. The van der Waals surface area contributed by atoms with Crippen molar-refractivity contribution in [2.75, 3.05) is 6.54 Å². The van der Waals surface area contributed by atoms with Crippen LogP contribution in [0.2, 0.25) is 0 Å². The van der Waals surface area contributed by atoms with Crippen molar-refractivity contribution in [1.29, 1.82) is 0 Å². The number of nitrogens with one attached hydrogen (secondary N) is 2. The van der Waals surface area contributed by atoms with E-state index in [2.05, 4.69) is 22.7 Å². The van der Waals surface area contributed by atoms with Crippen molar-refractivity contribution in [3.63, 3.8) is 0 Å². The van der Waals surface area contributed by atoms with Crippen LogP contribution in [0.1, 0.15) is 64.7 Å². The Morgan fingerprint density at radius 1 is 1.25 bits per heavy atom. The SMILES string of the molecule is CCCCNC(=O)NC1(/C(N)=N/O)CCCCCCC1. The van der Waals surface area contributed by atoms with E-state index in [9.17, 15) is 4.79 Å². The van der Waals surface area contributed by atoms with Gasteiger partial charge in [0, 0.05) is 6.54 Å². The largest absolute Gasteiger partial charge is 0.409 e. The van der Waals surface area contributed by atoms with E-state index in [1.807, 2.05) is 0 Å². The van der Waals surface area contributed by atoms with E-state index in [4.69, 9.17) is 10.9 Å². The molecule has 6 heteroatoms. The highest BCUT2D eigenvalue weighted by atomic mass is 16.4. The van der Waals surface area contributed by atoms with Gasteiger partial charge < -0.3 is 21.6 Å². The van der Waals surface area contributed by atoms with Gasteiger partial charge in [-0.05, 0) is 19.3 Å². The molecule has 1 aliphatic carbocycles. The molecule has 0 radical (unpaired) electrons. The number of urea groups is 1. The molecule has 6 nitrogen and oxygen atoms in total. The molecule has 0 aliphatic heterocycles. The molecule has 0 spiro atoms. The predicted octanol–water partition coefficient (Wildman–Crippen LogP) is 2.32. The first-order chi connectivity index (χ1) is 9.64. The smallest absolute Gasteiger partial charge is 0.315 e. The Morgan fingerprint density at radius 2 is 1.85 bits per heavy atom. The normalized spacial score (nSPS) is 19.8. The second-order valence-corrected chi connectivity index (χ2v) is 5.57. The van der Waals surface area contributed by atoms with Crippen molar-refractivity contribution in [1.82, 2.24) is 10.6 Å². The quantitative estimate of drug-likeness (QED) is 0.205. The zero-order valence-electron chi connectivity index (χ0n) is 12.5. The van der Waals surface area contributed by atoms with Crippen LogP contribution in [0.5, 0.6) is 0 Å². The van der Waals surface area contributed by atoms with Crippen molar-refractivity contribution < 1.29 is 10.0 Å². The Morgan fingerprint density at radius 3 is 2.40 bits per heavy atom. The number of unbranched alkanes of at least 4 members (excludes halogenated alkanes) is 1. The summed E-state index contributed by atoms with van der Waals surface area (Å²) in [6, 6.07) is -0.231. The number of nitrogens with two attached hydrogens (primary N) is 1. The van der Waals surface area contributed by atoms with Gasteiger partial charge in [-0.3, -0.25) is 0 Å². The Bertz CT molecular complexity index is 323. The first-order valence-corrected chi connectivity index (χ1v) is 7.68. The van der Waals surface area contributed by atoms with Crippen LogP contribution in [0.25, 0.3) is 0 Å². The molecular formula is C14H28N4O2. The minimum absolute atomic E-state index is 0.116. The summed E-state index contributed by atoms with van der Waals surface area (Å²) in [5, 5.41) is 18.0. The molecular weight excluding hydrogens is 256 g/mol. The molecule has 0 aromatic carbocycles. The summed E-state index contributed by atoms with van der Waals surface area (Å²) >= 11 is 0. The van der Waals surface area contributed by atoms with E-state index in [-0.39, 0.29) is 11.9 Å². The molecule has 5 N–H and O–H groups in total. The van der Waals surface area contributed by atoms with E-state index in [0.717, 1.165) is 51.4 Å². The molecule has 1 aliphatic rings. The van der Waals surface area contributed by atoms with E-state index in [1.165, 1.54) is 6.42 Å². The molecule has 0 unspecified atom stereocenters. The van der Waals surface area contributed by atoms with Gasteiger partial charge in [0.1, 0.15) is 5.54 Å². The first-order valence-electron chi connectivity index (χ1n) is 7.68. The molecule has 0 saturated heterocycles. The summed E-state index contributed by atoms with van der Waals surface area (Å²) in [5.41, 5.74) is 5.16. The Balaban J connectivity index is 2.69. The number of amidine groups is 1. The molecule has 116 valence electrons. The third kappa shape index (κ3) is 4.90. The lowest BCUT2D eigenvalue weighted by Gasteiger charge is -2.35. The van der Waals surface area contributed by atoms with Crippen LogP contribution in [0.3, 0.4) is 0 Å². The Hall–Kier alpha value is -1.46. The summed E-state index contributed by atoms with van der Waals surface area (Å²) in [7, 11) is 0. The van der Waals surface area contributed by atoms with Gasteiger partial charge in [0.2, 0.25) is 0 Å². The summed E-state index contributed by atoms with van der Waals surface area (Å²) in [6.45, 7) is 2.72. The van der Waals surface area contributed by atoms with Crippen LogP contribution < -0.4 is 16.4 Å². The van der Waals surface area contributed by atoms with E-state index in [1.54, 1.807) is 0 Å². The summed E-state index contributed by atoms with van der Waals surface area (Å²) in [4.78, 5) is 12.0. The first kappa shape index (κ1) is 16.6. The highest BCUT2D eigenvalue weighted by Crippen LogP contribution is 2.26. The molecule has 0 bridgehead atoms. The maximum Gasteiger partial charge on any atom is 0.315 e. The fourth-order valence-electron chi connectivity index (χ4n) is 2.69. The van der Waals surface area contributed by atoms with Gasteiger partial charge in [-0.15, -0.1) is 0 Å². The highest BCUT2D eigenvalue weighted by Gasteiger charge is 2.36. The summed E-state index contributed by atoms with van der Waals surface area (Å²) < 4.78 is 0. The maximum absolute atomic E-state index is 12.0. The molecule has 1 rings (SSSR count). The zero-order chi connectivity index (χ0) is 14.8. The van der Waals surface area contributed by atoms with Crippen molar-refractivity contribution in [3.8, 4) is 0 Å². The second-order valence-electron chi connectivity index (χ2n) is 5.57. The number of amides is 2. The predicted molar refractivity (Wildman–Crippen MR) is 79.9 cm³/mol. The van der Waals surface area contributed by atoms with Gasteiger partial charge in [0.25, 0.3) is 0 Å². The van der Waals surface area contributed by atoms with Crippen LogP contribution in [0.4, 0.5) is 4.79 Å². The van der Waals surface area contributed by atoms with E-state index < -0.39 is 5.54 Å². The van der Waals surface area contributed by atoms with E-state index >= 15 is 0 Å². The van der Waals surface area contributed by atoms with Gasteiger partial charge in [-0.1, -0.05) is 50.6 Å². The van der Waals surface area contributed by atoms with Crippen molar-refractivity contribution in [3.05, 3.63) is 0 Å². The van der Waals surface area contributed by atoms with Crippen LogP contribution in [0.15, 0.2) is 5.16 Å². The van der Waals surface area contributed by atoms with E-state index in [0.29, 0.717) is 6.54 Å². The minimum Gasteiger partial charge on any atom is -0.409 e. The average molecular weight is 284 g/mol. The van der Waals surface area contributed by atoms with Crippen LogP contribution in [-0.4, -0.2) is 29.2 Å². The second kappa shape index (κ2) is 8.66. The lowest BCUT2D eigenvalue weighted by molar-refractivity contribution is 0.225. The third-order valence-corrected chi connectivity index (χ3v) is 3.97. The van der Waals surface area contributed by atoms with Crippen molar-refractivity contribution in [2.45, 2.75) is 70.3 Å². The molecule has 0 aromatic rings. The van der Waals surface area contributed by atoms with Crippen LogP contribution in [0, 0.1) is 0 Å². The van der Waals surface area contributed by atoms with Crippen molar-refractivity contribution >= 4 is 11.9 Å². The molecule has 0 atom stereocenters. The lowest BCUT2D eigenvalue weighted by atomic mass is 9.83. The van der Waals surface area contributed by atoms with Gasteiger partial charge in [-0.2, -0.15) is 0 Å². The Kier molecular flexibility index (Phi) is 7.18. The number of rotatable bonds is 5. The zero-order valence-corrected chi connectivity index (χ0v) is 12.5. The summed E-state index contributed by atoms with van der Waals surface area (Å²) in [6.07, 6.45) is 8.86. The summed E-state index contributed by atoms with van der Waals surface area (Å²) in [5.74, 6) is 0.116. The number of carbonyl (C=O) groups excluding carboxylic acids is 1. The average Bonchev–Trinajstić information content (AvgIpc) is 2.41. The van der Waals surface area contributed by atoms with Gasteiger partial charge >= 0.3 is 6.03 Å². The number of nitrogens with zero attached hydrogens (tertiary/aromatic N) is 1. The lowest BCUT2D eigenvalue weighted by Crippen LogP contribution is -2.60. The topological polar surface area (TPSA) is 99.7 Å². The molecule has 2 amide bonds. The number of hydrogen-bond acceptors (Lipinski definition) is 3. The fourth-order valence-corrected chi connectivity index (χ4v) is 2.69. The maximum atomic E-state index is 12.0. The number of carbonyl (C=O) groups is 1. The number of hydrogen-bond donors (Lipinski definition) is 4. The van der Waals surface area contributed by atoms with Crippen molar-refractivity contribution in [2.24, 2.45) is 10.9 Å². The Labute approximate surface area is 121 Å². The van der Waals surface area contributed by atoms with Crippen LogP contribution in [-0.2, 0) is 0 Å². The number of oxime groups is 1. The fraction of sp³-hybridized carbons (Fsp3) is 0.857.